The molecule has 0 bridgehead atoms. The third kappa shape index (κ3) is 3.60. The van der Waals surface area contributed by atoms with Gasteiger partial charge in [-0.2, -0.15) is 0 Å². The van der Waals surface area contributed by atoms with E-state index >= 15 is 0 Å². The van der Waals surface area contributed by atoms with E-state index in [9.17, 15) is 19.7 Å². The van der Waals surface area contributed by atoms with Gasteiger partial charge in [-0.25, -0.2) is 4.90 Å². The third-order valence-corrected chi connectivity index (χ3v) is 4.47. The summed E-state index contributed by atoms with van der Waals surface area (Å²) in [4.78, 5) is 36.4. The molecule has 2 aromatic rings. The molecule has 1 fully saturated rings. The lowest BCUT2D eigenvalue weighted by Gasteiger charge is -2.13. The molecule has 0 unspecified atom stereocenters. The first-order chi connectivity index (χ1) is 12.5. The number of imide groups is 1. The van der Waals surface area contributed by atoms with E-state index in [0.29, 0.717) is 23.6 Å². The quantitative estimate of drug-likeness (QED) is 0.444. The van der Waals surface area contributed by atoms with Gasteiger partial charge in [-0.3, -0.25) is 19.7 Å². The molecule has 1 aliphatic heterocycles. The lowest BCUT2D eigenvalue weighted by atomic mass is 10.2. The van der Waals surface area contributed by atoms with Gasteiger partial charge in [-0.05, 0) is 66.7 Å². The molecule has 26 heavy (non-hydrogen) atoms. The molecule has 3 rings (SSSR count). The van der Waals surface area contributed by atoms with Crippen LogP contribution in [0.2, 0.25) is 0 Å². The number of nitrogens with zero attached hydrogens (tertiary/aromatic N) is 2. The minimum absolute atomic E-state index is 0.0374. The zero-order valence-electron chi connectivity index (χ0n) is 13.7. The van der Waals surface area contributed by atoms with Gasteiger partial charge in [-0.15, -0.1) is 0 Å². The van der Waals surface area contributed by atoms with Crippen LogP contribution in [0.15, 0.2) is 53.4 Å². The van der Waals surface area contributed by atoms with Crippen LogP contribution in [0.3, 0.4) is 0 Å². The van der Waals surface area contributed by atoms with Crippen LogP contribution in [0.1, 0.15) is 12.5 Å². The number of benzene rings is 2. The van der Waals surface area contributed by atoms with Crippen LogP contribution in [0.5, 0.6) is 5.75 Å². The molecule has 0 N–H and O–H groups in total. The largest absolute Gasteiger partial charge is 0.494 e. The lowest BCUT2D eigenvalue weighted by molar-refractivity contribution is -0.384. The highest BCUT2D eigenvalue weighted by molar-refractivity contribution is 8.19. The number of carbonyl (C=O) groups excluding carboxylic acids is 2. The molecule has 0 atom stereocenters. The molecular formula is C18H14N2O5S. The third-order valence-electron chi connectivity index (χ3n) is 3.60. The number of hydrogen-bond acceptors (Lipinski definition) is 6. The Morgan fingerprint density at radius 3 is 2.35 bits per heavy atom. The number of carbonyl (C=O) groups is 2. The molecular weight excluding hydrogens is 356 g/mol. The SMILES string of the molecule is CCOc1ccc(N2C(=O)S/C(=C\c3ccc([N+](=O)[O-])cc3)C2=O)cc1. The summed E-state index contributed by atoms with van der Waals surface area (Å²) < 4.78 is 5.35. The summed E-state index contributed by atoms with van der Waals surface area (Å²) in [6.07, 6.45) is 1.54. The monoisotopic (exact) mass is 370 g/mol. The lowest BCUT2D eigenvalue weighted by Crippen LogP contribution is -2.27. The van der Waals surface area contributed by atoms with Crippen LogP contribution in [0, 0.1) is 10.1 Å². The van der Waals surface area contributed by atoms with E-state index in [1.807, 2.05) is 6.92 Å². The fourth-order valence-electron chi connectivity index (χ4n) is 2.39. The van der Waals surface area contributed by atoms with Crippen molar-refractivity contribution in [3.05, 3.63) is 69.1 Å². The van der Waals surface area contributed by atoms with Gasteiger partial charge >= 0.3 is 0 Å². The van der Waals surface area contributed by atoms with Crippen LogP contribution in [-0.2, 0) is 4.79 Å². The standard InChI is InChI=1S/C18H14N2O5S/c1-2-25-15-9-7-13(8-10-15)19-17(21)16(26-18(19)22)11-12-3-5-14(6-4-12)20(23)24/h3-11H,2H2,1H3/b16-11-. The van der Waals surface area contributed by atoms with Crippen molar-refractivity contribution in [2.45, 2.75) is 6.92 Å². The number of amides is 2. The second-order valence-electron chi connectivity index (χ2n) is 5.29. The van der Waals surface area contributed by atoms with Gasteiger partial charge in [0.2, 0.25) is 0 Å². The van der Waals surface area contributed by atoms with E-state index in [1.165, 1.54) is 24.3 Å². The summed E-state index contributed by atoms with van der Waals surface area (Å²) in [6, 6.07) is 12.5. The summed E-state index contributed by atoms with van der Waals surface area (Å²) in [6.45, 7) is 2.40. The number of nitro benzene ring substituents is 1. The second-order valence-corrected chi connectivity index (χ2v) is 6.29. The Morgan fingerprint density at radius 2 is 1.77 bits per heavy atom. The van der Waals surface area contributed by atoms with Crippen molar-refractivity contribution >= 4 is 40.4 Å². The highest BCUT2D eigenvalue weighted by Gasteiger charge is 2.36. The van der Waals surface area contributed by atoms with E-state index < -0.39 is 16.1 Å². The zero-order chi connectivity index (χ0) is 18.7. The van der Waals surface area contributed by atoms with Crippen LogP contribution >= 0.6 is 11.8 Å². The number of rotatable bonds is 5. The fraction of sp³-hybridized carbons (Fsp3) is 0.111. The van der Waals surface area contributed by atoms with Crippen molar-refractivity contribution in [2.75, 3.05) is 11.5 Å². The van der Waals surface area contributed by atoms with E-state index in [1.54, 1.807) is 30.3 Å². The maximum absolute atomic E-state index is 12.6. The first kappa shape index (κ1) is 17.7. The molecule has 2 aromatic carbocycles. The molecule has 0 radical (unpaired) electrons. The van der Waals surface area contributed by atoms with E-state index in [4.69, 9.17) is 4.74 Å². The minimum atomic E-state index is -0.496. The first-order valence-electron chi connectivity index (χ1n) is 7.75. The summed E-state index contributed by atoms with van der Waals surface area (Å²) in [5, 5.41) is 10.3. The smallest absolute Gasteiger partial charge is 0.298 e. The maximum atomic E-state index is 12.6. The number of ether oxygens (including phenoxy) is 1. The maximum Gasteiger partial charge on any atom is 0.298 e. The second kappa shape index (κ2) is 7.40. The highest BCUT2D eigenvalue weighted by atomic mass is 32.2. The number of hydrogen-bond donors (Lipinski definition) is 0. The first-order valence-corrected chi connectivity index (χ1v) is 8.56. The molecule has 1 aliphatic rings. The van der Waals surface area contributed by atoms with E-state index in [0.717, 1.165) is 16.7 Å². The Kier molecular flexibility index (Phi) is 5.04. The van der Waals surface area contributed by atoms with Gasteiger partial charge in [0.25, 0.3) is 16.8 Å². The average molecular weight is 370 g/mol. The summed E-state index contributed by atoms with van der Waals surface area (Å²) in [5.74, 6) is 0.229. The minimum Gasteiger partial charge on any atom is -0.494 e. The van der Waals surface area contributed by atoms with Crippen LogP contribution in [-0.4, -0.2) is 22.7 Å². The number of nitro groups is 1. The molecule has 0 saturated carbocycles. The van der Waals surface area contributed by atoms with E-state index in [2.05, 4.69) is 0 Å². The van der Waals surface area contributed by atoms with Crippen LogP contribution in [0.25, 0.3) is 6.08 Å². The highest BCUT2D eigenvalue weighted by Crippen LogP contribution is 2.36. The topological polar surface area (TPSA) is 89.8 Å². The molecule has 0 aliphatic carbocycles. The predicted molar refractivity (Wildman–Crippen MR) is 99.2 cm³/mol. The van der Waals surface area contributed by atoms with Gasteiger partial charge in [0.1, 0.15) is 5.75 Å². The normalized spacial score (nSPS) is 15.6. The Bertz CT molecular complexity index is 891. The Morgan fingerprint density at radius 1 is 1.12 bits per heavy atom. The van der Waals surface area contributed by atoms with Crippen LogP contribution in [0.4, 0.5) is 16.2 Å². The van der Waals surface area contributed by atoms with Gasteiger partial charge in [0, 0.05) is 12.1 Å². The van der Waals surface area contributed by atoms with Gasteiger partial charge in [-0.1, -0.05) is 0 Å². The molecule has 1 saturated heterocycles. The zero-order valence-corrected chi connectivity index (χ0v) is 14.6. The summed E-state index contributed by atoms with van der Waals surface area (Å²) in [7, 11) is 0. The molecule has 0 spiro atoms. The van der Waals surface area contributed by atoms with Crippen molar-refractivity contribution in [3.63, 3.8) is 0 Å². The molecule has 7 nitrogen and oxygen atoms in total. The van der Waals surface area contributed by atoms with Crippen molar-refractivity contribution in [3.8, 4) is 5.75 Å². The Balaban J connectivity index is 1.82. The Hall–Kier alpha value is -3.13. The van der Waals surface area contributed by atoms with Gasteiger partial charge in [0.15, 0.2) is 0 Å². The summed E-state index contributed by atoms with van der Waals surface area (Å²) >= 11 is 0.830. The average Bonchev–Trinajstić information content (AvgIpc) is 2.90. The van der Waals surface area contributed by atoms with Crippen molar-refractivity contribution < 1.29 is 19.2 Å². The molecule has 8 heteroatoms. The molecule has 132 valence electrons. The van der Waals surface area contributed by atoms with Crippen molar-refractivity contribution in [2.24, 2.45) is 0 Å². The number of non-ortho nitro benzene ring substituents is 1. The predicted octanol–water partition coefficient (Wildman–Crippen LogP) is 4.23. The Labute approximate surface area is 153 Å². The van der Waals surface area contributed by atoms with Crippen LogP contribution < -0.4 is 9.64 Å². The number of thioether (sulfide) groups is 1. The molecule has 1 heterocycles. The van der Waals surface area contributed by atoms with Crippen molar-refractivity contribution in [1.29, 1.82) is 0 Å². The molecule has 0 aromatic heterocycles. The van der Waals surface area contributed by atoms with E-state index in [-0.39, 0.29) is 10.6 Å². The fourth-order valence-corrected chi connectivity index (χ4v) is 3.23. The van der Waals surface area contributed by atoms with Gasteiger partial charge < -0.3 is 4.74 Å². The van der Waals surface area contributed by atoms with Crippen molar-refractivity contribution in [1.82, 2.24) is 0 Å². The van der Waals surface area contributed by atoms with Gasteiger partial charge in [0.05, 0.1) is 22.1 Å². The summed E-state index contributed by atoms with van der Waals surface area (Å²) in [5.41, 5.74) is 1.03. The number of anilines is 1. The molecule has 2 amide bonds.